The molecule has 1 aliphatic carbocycles. The fraction of sp³-hybridized carbons (Fsp3) is 0.286. The molecule has 0 spiro atoms. The molecule has 178 valence electrons. The van der Waals surface area contributed by atoms with Gasteiger partial charge in [0.05, 0.1) is 4.88 Å². The van der Waals surface area contributed by atoms with Crippen LogP contribution in [-0.2, 0) is 19.9 Å². The van der Waals surface area contributed by atoms with Gasteiger partial charge in [0.25, 0.3) is 11.5 Å². The first-order valence-corrected chi connectivity index (χ1v) is 12.3. The summed E-state index contributed by atoms with van der Waals surface area (Å²) in [7, 11) is 1.73. The van der Waals surface area contributed by atoms with Crippen molar-refractivity contribution in [1.82, 2.24) is 9.88 Å². The average Bonchev–Trinajstić information content (AvgIpc) is 3.28. The molecule has 0 aliphatic heterocycles. The second-order valence-electron chi connectivity index (χ2n) is 8.42. The highest BCUT2D eigenvalue weighted by Crippen LogP contribution is 2.30. The van der Waals surface area contributed by atoms with Crippen LogP contribution in [0.4, 0.5) is 5.69 Å². The SMILES string of the molecule is C=C/C=C(NC(=O)c1cc2c(s1)CCCC2)\C(C)=C(/C)c1cc(N/C(C=C)=C/C)c(=O)n(C)c1. The third-order valence-corrected chi connectivity index (χ3v) is 7.38. The molecule has 0 saturated carbocycles. The Morgan fingerprint density at radius 3 is 2.56 bits per heavy atom. The molecule has 0 radical (unpaired) electrons. The molecule has 2 aromatic rings. The summed E-state index contributed by atoms with van der Waals surface area (Å²) in [6.07, 6.45) is 13.3. The van der Waals surface area contributed by atoms with E-state index < -0.39 is 0 Å². The lowest BCUT2D eigenvalue weighted by molar-refractivity contribution is 0.0970. The lowest BCUT2D eigenvalue weighted by atomic mass is 9.99. The van der Waals surface area contributed by atoms with Crippen molar-refractivity contribution < 1.29 is 4.79 Å². The number of carbonyl (C=O) groups is 1. The molecule has 0 bridgehead atoms. The number of hydrogen-bond acceptors (Lipinski definition) is 4. The number of nitrogens with one attached hydrogen (secondary N) is 2. The number of aryl methyl sites for hydroxylation is 3. The highest BCUT2D eigenvalue weighted by Gasteiger charge is 2.19. The molecule has 0 unspecified atom stereocenters. The third-order valence-electron chi connectivity index (χ3n) is 6.15. The zero-order chi connectivity index (χ0) is 24.8. The van der Waals surface area contributed by atoms with E-state index in [-0.39, 0.29) is 11.5 Å². The van der Waals surface area contributed by atoms with Crippen molar-refractivity contribution in [3.63, 3.8) is 0 Å². The van der Waals surface area contributed by atoms with Gasteiger partial charge in [0.1, 0.15) is 5.69 Å². The van der Waals surface area contributed by atoms with E-state index in [4.69, 9.17) is 0 Å². The molecule has 0 saturated heterocycles. The summed E-state index contributed by atoms with van der Waals surface area (Å²) >= 11 is 1.59. The first-order chi connectivity index (χ1) is 16.3. The molecule has 2 heterocycles. The number of thiophene rings is 1. The summed E-state index contributed by atoms with van der Waals surface area (Å²) in [5, 5.41) is 6.22. The van der Waals surface area contributed by atoms with Crippen LogP contribution >= 0.6 is 11.3 Å². The Balaban J connectivity index is 1.93. The first kappa shape index (κ1) is 25.2. The molecule has 0 atom stereocenters. The first-order valence-electron chi connectivity index (χ1n) is 11.5. The molecule has 1 amide bonds. The number of hydrogen-bond donors (Lipinski definition) is 2. The predicted octanol–water partition coefficient (Wildman–Crippen LogP) is 6.12. The van der Waals surface area contributed by atoms with E-state index >= 15 is 0 Å². The maximum absolute atomic E-state index is 13.1. The molecule has 34 heavy (non-hydrogen) atoms. The minimum atomic E-state index is -0.132. The fourth-order valence-electron chi connectivity index (χ4n) is 3.99. The van der Waals surface area contributed by atoms with Crippen molar-refractivity contribution in [1.29, 1.82) is 0 Å². The van der Waals surface area contributed by atoms with Gasteiger partial charge >= 0.3 is 0 Å². The van der Waals surface area contributed by atoms with E-state index in [2.05, 4.69) is 23.8 Å². The standard InChI is InChI=1S/C28H33N3O2S/c1-7-12-23(30-27(32)26-16-20-13-10-11-14-25(20)34-26)19(5)18(4)21-15-24(28(33)31(6)17-21)29-22(8-2)9-3/h7-9,12,15-17,29H,1-2,10-11,13-14H2,3-6H3,(H,30,32)/b19-18+,22-9+,23-12+. The number of aromatic nitrogens is 1. The second kappa shape index (κ2) is 11.2. The summed E-state index contributed by atoms with van der Waals surface area (Å²) in [5.74, 6) is -0.105. The van der Waals surface area contributed by atoms with Crippen molar-refractivity contribution in [2.45, 2.75) is 46.5 Å². The van der Waals surface area contributed by atoms with Gasteiger partial charge in [-0.15, -0.1) is 11.3 Å². The van der Waals surface area contributed by atoms with Crippen LogP contribution in [0.15, 0.2) is 77.6 Å². The van der Waals surface area contributed by atoms with Gasteiger partial charge in [-0.3, -0.25) is 9.59 Å². The number of nitrogens with zero attached hydrogens (tertiary/aromatic N) is 1. The van der Waals surface area contributed by atoms with Gasteiger partial charge in [0, 0.05) is 29.5 Å². The topological polar surface area (TPSA) is 63.1 Å². The summed E-state index contributed by atoms with van der Waals surface area (Å²) in [5.41, 5.74) is 5.79. The van der Waals surface area contributed by atoms with E-state index in [1.807, 2.05) is 39.0 Å². The smallest absolute Gasteiger partial charge is 0.274 e. The van der Waals surface area contributed by atoms with Gasteiger partial charge < -0.3 is 15.2 Å². The molecule has 2 aromatic heterocycles. The van der Waals surface area contributed by atoms with Crippen LogP contribution in [0, 0.1) is 0 Å². The summed E-state index contributed by atoms with van der Waals surface area (Å²) in [6, 6.07) is 3.87. The van der Waals surface area contributed by atoms with Crippen LogP contribution in [0.1, 0.15) is 59.3 Å². The molecule has 2 N–H and O–H groups in total. The van der Waals surface area contributed by atoms with Gasteiger partial charge in [-0.05, 0) is 93.0 Å². The van der Waals surface area contributed by atoms with Crippen LogP contribution in [-0.4, -0.2) is 10.5 Å². The molecule has 0 fully saturated rings. The van der Waals surface area contributed by atoms with Gasteiger partial charge in [-0.25, -0.2) is 0 Å². The minimum absolute atomic E-state index is 0.105. The Morgan fingerprint density at radius 1 is 1.18 bits per heavy atom. The maximum atomic E-state index is 13.1. The van der Waals surface area contributed by atoms with Crippen LogP contribution < -0.4 is 16.2 Å². The number of allylic oxidation sites excluding steroid dienone is 6. The monoisotopic (exact) mass is 475 g/mol. The zero-order valence-electron chi connectivity index (χ0n) is 20.5. The number of fused-ring (bicyclic) bond motifs is 1. The quantitative estimate of drug-likeness (QED) is 0.452. The van der Waals surface area contributed by atoms with Crippen LogP contribution in [0.2, 0.25) is 0 Å². The van der Waals surface area contributed by atoms with E-state index in [9.17, 15) is 9.59 Å². The molecule has 6 heteroatoms. The van der Waals surface area contributed by atoms with Crippen molar-refractivity contribution in [3.8, 4) is 0 Å². The van der Waals surface area contributed by atoms with Crippen LogP contribution in [0.5, 0.6) is 0 Å². The van der Waals surface area contributed by atoms with E-state index in [0.29, 0.717) is 11.4 Å². The predicted molar refractivity (Wildman–Crippen MR) is 144 cm³/mol. The van der Waals surface area contributed by atoms with Crippen LogP contribution in [0.3, 0.4) is 0 Å². The van der Waals surface area contributed by atoms with Crippen molar-refractivity contribution in [2.75, 3.05) is 5.32 Å². The lowest BCUT2D eigenvalue weighted by Gasteiger charge is -2.16. The molecule has 5 nitrogen and oxygen atoms in total. The fourth-order valence-corrected chi connectivity index (χ4v) is 5.14. The van der Waals surface area contributed by atoms with Crippen molar-refractivity contribution >= 4 is 28.5 Å². The van der Waals surface area contributed by atoms with Gasteiger partial charge in [0.2, 0.25) is 0 Å². The highest BCUT2D eigenvalue weighted by molar-refractivity contribution is 7.14. The summed E-state index contributed by atoms with van der Waals surface area (Å²) in [4.78, 5) is 27.8. The van der Waals surface area contributed by atoms with E-state index in [1.165, 1.54) is 23.3 Å². The number of anilines is 1. The van der Waals surface area contributed by atoms with Gasteiger partial charge in [-0.1, -0.05) is 25.3 Å². The number of rotatable bonds is 8. The second-order valence-corrected chi connectivity index (χ2v) is 9.55. The van der Waals surface area contributed by atoms with Crippen LogP contribution in [0.25, 0.3) is 5.57 Å². The highest BCUT2D eigenvalue weighted by atomic mass is 32.1. The largest absolute Gasteiger partial charge is 0.351 e. The molecule has 3 rings (SSSR count). The summed E-state index contributed by atoms with van der Waals surface area (Å²) in [6.45, 7) is 13.4. The Hall–Kier alpha value is -3.38. The molecule has 0 aromatic carbocycles. The Morgan fingerprint density at radius 2 is 1.91 bits per heavy atom. The number of amides is 1. The summed E-state index contributed by atoms with van der Waals surface area (Å²) < 4.78 is 1.55. The number of pyridine rings is 1. The van der Waals surface area contributed by atoms with Crippen molar-refractivity contribution in [3.05, 3.63) is 104 Å². The Labute approximate surface area is 205 Å². The molecule has 1 aliphatic rings. The number of carbonyl (C=O) groups excluding carboxylic acids is 1. The Kier molecular flexibility index (Phi) is 8.29. The van der Waals surface area contributed by atoms with Gasteiger partial charge in [0.15, 0.2) is 0 Å². The lowest BCUT2D eigenvalue weighted by Crippen LogP contribution is -2.23. The maximum Gasteiger partial charge on any atom is 0.274 e. The normalized spacial score (nSPS) is 14.7. The van der Waals surface area contributed by atoms with E-state index in [1.54, 1.807) is 47.4 Å². The van der Waals surface area contributed by atoms with Crippen molar-refractivity contribution in [2.24, 2.45) is 7.05 Å². The molecular formula is C28H33N3O2S. The molecular weight excluding hydrogens is 442 g/mol. The average molecular weight is 476 g/mol. The van der Waals surface area contributed by atoms with Gasteiger partial charge in [-0.2, -0.15) is 0 Å². The minimum Gasteiger partial charge on any atom is -0.351 e. The zero-order valence-corrected chi connectivity index (χ0v) is 21.3. The van der Waals surface area contributed by atoms with E-state index in [0.717, 1.165) is 40.1 Å². The Bertz CT molecular complexity index is 1250. The third kappa shape index (κ3) is 5.57.